The summed E-state index contributed by atoms with van der Waals surface area (Å²) >= 11 is 0. The number of halogens is 1. The van der Waals surface area contributed by atoms with Crippen LogP contribution in [0.5, 0.6) is 5.75 Å². The minimum absolute atomic E-state index is 0.00721. The third-order valence-corrected chi connectivity index (χ3v) is 6.45. The van der Waals surface area contributed by atoms with Gasteiger partial charge in [0, 0.05) is 30.9 Å². The molecular formula is C27H31FN4O3. The molecule has 3 aromatic rings. The van der Waals surface area contributed by atoms with Crippen molar-refractivity contribution < 1.29 is 19.0 Å². The molecule has 0 radical (unpaired) electrons. The number of hydrogen-bond donors (Lipinski definition) is 2. The molecule has 7 nitrogen and oxygen atoms in total. The Morgan fingerprint density at radius 1 is 1.29 bits per heavy atom. The molecular weight excluding hydrogens is 447 g/mol. The van der Waals surface area contributed by atoms with Crippen molar-refractivity contribution in [1.82, 2.24) is 9.97 Å². The summed E-state index contributed by atoms with van der Waals surface area (Å²) in [7, 11) is 1.44. The third kappa shape index (κ3) is 5.18. The molecule has 0 aliphatic carbocycles. The number of benzene rings is 2. The first-order chi connectivity index (χ1) is 16.8. The van der Waals surface area contributed by atoms with Gasteiger partial charge in [-0.15, -0.1) is 0 Å². The van der Waals surface area contributed by atoms with Crippen molar-refractivity contribution in [2.75, 3.05) is 25.2 Å². The Hall–Kier alpha value is -3.36. The highest BCUT2D eigenvalue weighted by Crippen LogP contribution is 2.33. The number of carbonyl (C=O) groups is 1. The minimum atomic E-state index is -0.527. The van der Waals surface area contributed by atoms with Gasteiger partial charge in [0.25, 0.3) is 0 Å². The molecule has 1 fully saturated rings. The fourth-order valence-electron chi connectivity index (χ4n) is 4.57. The molecule has 8 heteroatoms. The van der Waals surface area contributed by atoms with Crippen molar-refractivity contribution >= 4 is 11.5 Å². The van der Waals surface area contributed by atoms with Crippen LogP contribution >= 0.6 is 0 Å². The number of Topliss-reactive ketones (excluding diaryl/α,β-unsaturated/α-hetero) is 1. The molecule has 4 rings (SSSR count). The van der Waals surface area contributed by atoms with Crippen LogP contribution in [0.25, 0.3) is 11.4 Å². The number of ketones is 1. The summed E-state index contributed by atoms with van der Waals surface area (Å²) in [5.74, 6) is -0.0522. The van der Waals surface area contributed by atoms with E-state index in [1.807, 2.05) is 12.1 Å². The Morgan fingerprint density at radius 3 is 2.80 bits per heavy atom. The molecule has 3 N–H and O–H groups in total. The fraction of sp³-hybridized carbons (Fsp3) is 0.370. The lowest BCUT2D eigenvalue weighted by Gasteiger charge is -2.28. The third-order valence-electron chi connectivity index (χ3n) is 6.45. The first-order valence-electron chi connectivity index (χ1n) is 11.8. The number of aliphatic hydroxyl groups excluding tert-OH is 1. The first-order valence-corrected chi connectivity index (χ1v) is 11.8. The summed E-state index contributed by atoms with van der Waals surface area (Å²) < 4.78 is 19.8. The summed E-state index contributed by atoms with van der Waals surface area (Å²) in [6, 6.07) is 11.9. The predicted molar refractivity (Wildman–Crippen MR) is 133 cm³/mol. The highest BCUT2D eigenvalue weighted by atomic mass is 19.1. The molecule has 1 aliphatic heterocycles. The van der Waals surface area contributed by atoms with E-state index >= 15 is 0 Å². The maximum atomic E-state index is 14.6. The van der Waals surface area contributed by atoms with Crippen LogP contribution < -0.4 is 15.4 Å². The molecule has 35 heavy (non-hydrogen) atoms. The molecule has 184 valence electrons. The zero-order chi connectivity index (χ0) is 25.1. The number of anilines is 1. The van der Waals surface area contributed by atoms with Crippen LogP contribution in [0.4, 0.5) is 10.1 Å². The lowest BCUT2D eigenvalue weighted by molar-refractivity contribution is 0.0988. The topological polar surface area (TPSA) is 102 Å². The summed E-state index contributed by atoms with van der Waals surface area (Å²) in [5.41, 5.74) is 9.38. The van der Waals surface area contributed by atoms with Crippen molar-refractivity contribution in [3.8, 4) is 17.1 Å². The van der Waals surface area contributed by atoms with Crippen LogP contribution in [0.2, 0.25) is 0 Å². The molecule has 2 aromatic carbocycles. The van der Waals surface area contributed by atoms with Gasteiger partial charge in [-0.2, -0.15) is 0 Å². The normalized spacial score (nSPS) is 17.7. The maximum absolute atomic E-state index is 14.6. The zero-order valence-electron chi connectivity index (χ0n) is 20.2. The van der Waals surface area contributed by atoms with Crippen LogP contribution in [0.3, 0.4) is 0 Å². The van der Waals surface area contributed by atoms with E-state index in [0.717, 1.165) is 16.8 Å². The van der Waals surface area contributed by atoms with Crippen molar-refractivity contribution in [3.63, 3.8) is 0 Å². The van der Waals surface area contributed by atoms with Gasteiger partial charge < -0.3 is 20.5 Å². The number of nitrogens with two attached hydrogens (primary N) is 1. The Kier molecular flexibility index (Phi) is 7.42. The van der Waals surface area contributed by atoms with Gasteiger partial charge in [0.2, 0.25) is 0 Å². The smallest absolute Gasteiger partial charge is 0.185 e. The fourth-order valence-corrected chi connectivity index (χ4v) is 4.57. The number of aromatic nitrogens is 2. The van der Waals surface area contributed by atoms with E-state index in [0.29, 0.717) is 24.6 Å². The van der Waals surface area contributed by atoms with E-state index in [1.54, 1.807) is 12.1 Å². The van der Waals surface area contributed by atoms with E-state index in [4.69, 9.17) is 10.5 Å². The predicted octanol–water partition coefficient (Wildman–Crippen LogP) is 3.74. The van der Waals surface area contributed by atoms with Gasteiger partial charge >= 0.3 is 0 Å². The number of rotatable bonds is 8. The lowest BCUT2D eigenvalue weighted by atomic mass is 9.96. The van der Waals surface area contributed by atoms with Gasteiger partial charge in [0.1, 0.15) is 17.3 Å². The number of carbonyl (C=O) groups excluding carboxylic acids is 1. The van der Waals surface area contributed by atoms with Gasteiger partial charge in [-0.1, -0.05) is 32.0 Å². The average Bonchev–Trinajstić information content (AvgIpc) is 3.24. The van der Waals surface area contributed by atoms with E-state index < -0.39 is 5.82 Å². The average molecular weight is 479 g/mol. The summed E-state index contributed by atoms with van der Waals surface area (Å²) in [5, 5.41) is 9.93. The molecule has 1 saturated heterocycles. The van der Waals surface area contributed by atoms with Crippen LogP contribution in [-0.2, 0) is 6.42 Å². The Morgan fingerprint density at radius 2 is 2.09 bits per heavy atom. The lowest BCUT2D eigenvalue weighted by Crippen LogP contribution is -2.34. The molecule has 2 atom stereocenters. The second-order valence-corrected chi connectivity index (χ2v) is 9.21. The maximum Gasteiger partial charge on any atom is 0.185 e. The monoisotopic (exact) mass is 478 g/mol. The standard InChI is InChI=1S/C27H31FN4O3/c1-16(2)17-7-8-18(23(11-17)32-14-19(29)13-20(32)15-33)12-24(34)22-9-10-30-27(31-22)26-21(28)5-4-6-25(26)35-3/h4-11,16,19-20,33H,12-15,29H2,1-3H3/t19-,20-/m0/s1. The number of ether oxygens (including phenoxy) is 1. The highest BCUT2D eigenvalue weighted by Gasteiger charge is 2.31. The Balaban J connectivity index is 1.68. The summed E-state index contributed by atoms with van der Waals surface area (Å²) in [4.78, 5) is 24.0. The number of aliphatic hydroxyl groups is 1. The van der Waals surface area contributed by atoms with Gasteiger partial charge in [0.15, 0.2) is 11.6 Å². The number of hydrogen-bond acceptors (Lipinski definition) is 7. The molecule has 0 amide bonds. The quantitative estimate of drug-likeness (QED) is 0.476. The van der Waals surface area contributed by atoms with Gasteiger partial charge in [-0.3, -0.25) is 4.79 Å². The largest absolute Gasteiger partial charge is 0.496 e. The summed E-state index contributed by atoms with van der Waals surface area (Å²) in [6.07, 6.45) is 2.24. The van der Waals surface area contributed by atoms with E-state index in [1.165, 1.54) is 25.4 Å². The van der Waals surface area contributed by atoms with Crippen molar-refractivity contribution in [1.29, 1.82) is 0 Å². The second-order valence-electron chi connectivity index (χ2n) is 9.21. The van der Waals surface area contributed by atoms with Gasteiger partial charge in [-0.25, -0.2) is 14.4 Å². The Bertz CT molecular complexity index is 1220. The van der Waals surface area contributed by atoms with Crippen molar-refractivity contribution in [3.05, 3.63) is 71.3 Å². The molecule has 0 unspecified atom stereocenters. The van der Waals surface area contributed by atoms with Gasteiger partial charge in [0.05, 0.1) is 25.3 Å². The molecule has 0 spiro atoms. The van der Waals surface area contributed by atoms with Crippen LogP contribution in [-0.4, -0.2) is 53.2 Å². The first kappa shape index (κ1) is 24.8. The zero-order valence-corrected chi connectivity index (χ0v) is 20.2. The van der Waals surface area contributed by atoms with Crippen LogP contribution in [0, 0.1) is 5.82 Å². The molecule has 1 aromatic heterocycles. The Labute approximate surface area is 204 Å². The van der Waals surface area contributed by atoms with E-state index in [2.05, 4.69) is 34.8 Å². The summed E-state index contributed by atoms with van der Waals surface area (Å²) in [6.45, 7) is 4.83. The second kappa shape index (κ2) is 10.5. The molecule has 0 saturated carbocycles. The number of methoxy groups -OCH3 is 1. The molecule has 0 bridgehead atoms. The highest BCUT2D eigenvalue weighted by molar-refractivity contribution is 5.97. The van der Waals surface area contributed by atoms with Crippen molar-refractivity contribution in [2.45, 2.75) is 44.7 Å². The number of nitrogens with zero attached hydrogens (tertiary/aromatic N) is 3. The molecule has 1 aliphatic rings. The van der Waals surface area contributed by atoms with Gasteiger partial charge in [-0.05, 0) is 47.7 Å². The van der Waals surface area contributed by atoms with Crippen LogP contribution in [0.1, 0.15) is 47.8 Å². The van der Waals surface area contributed by atoms with Crippen molar-refractivity contribution in [2.24, 2.45) is 5.73 Å². The van der Waals surface area contributed by atoms with E-state index in [9.17, 15) is 14.3 Å². The van der Waals surface area contributed by atoms with E-state index in [-0.39, 0.29) is 48.0 Å². The van der Waals surface area contributed by atoms with Crippen LogP contribution in [0.15, 0.2) is 48.7 Å². The minimum Gasteiger partial charge on any atom is -0.496 e. The molecule has 2 heterocycles. The SMILES string of the molecule is COc1cccc(F)c1-c1nccc(C(=O)Cc2ccc(C(C)C)cc2N2C[C@@H](N)C[C@H]2CO)n1.